The molecule has 2 aliphatic rings. The number of thiazole rings is 1. The van der Waals surface area contributed by atoms with Crippen LogP contribution in [0, 0.1) is 13.8 Å². The number of aryl methyl sites for hydroxylation is 2. The number of nitrogens with one attached hydrogen (secondary N) is 1. The van der Waals surface area contributed by atoms with Crippen LogP contribution in [0.1, 0.15) is 24.0 Å². The number of amides is 1. The van der Waals surface area contributed by atoms with Crippen LogP contribution in [-0.4, -0.2) is 89.1 Å². The lowest BCUT2D eigenvalue weighted by Crippen LogP contribution is -2.50. The van der Waals surface area contributed by atoms with Crippen molar-refractivity contribution in [2.24, 2.45) is 0 Å². The molecule has 2 aromatic rings. The quantitative estimate of drug-likeness (QED) is 0.746. The summed E-state index contributed by atoms with van der Waals surface area (Å²) in [5.74, 6) is 0.850. The van der Waals surface area contributed by atoms with Gasteiger partial charge >= 0.3 is 0 Å². The van der Waals surface area contributed by atoms with Gasteiger partial charge < -0.3 is 15.1 Å². The fourth-order valence-corrected chi connectivity index (χ4v) is 5.09. The highest BCUT2D eigenvalue weighted by atomic mass is 32.1. The van der Waals surface area contributed by atoms with Crippen LogP contribution in [0.15, 0.2) is 12.3 Å². The fourth-order valence-electron chi connectivity index (χ4n) is 4.20. The van der Waals surface area contributed by atoms with E-state index in [9.17, 15) is 4.79 Å². The number of carbonyl (C=O) groups excluding carboxylic acids is 1. The third-order valence-electron chi connectivity index (χ3n) is 5.89. The molecule has 1 atom stereocenters. The van der Waals surface area contributed by atoms with Crippen molar-refractivity contribution in [3.8, 4) is 10.6 Å². The summed E-state index contributed by atoms with van der Waals surface area (Å²) in [4.78, 5) is 34.2. The van der Waals surface area contributed by atoms with Gasteiger partial charge in [0.25, 0.3) is 0 Å². The Balaban J connectivity index is 1.31. The third kappa shape index (κ3) is 4.96. The molecule has 0 radical (unpaired) electrons. The highest BCUT2D eigenvalue weighted by Gasteiger charge is 2.27. The van der Waals surface area contributed by atoms with Gasteiger partial charge in [0.05, 0.1) is 27.8 Å². The maximum Gasteiger partial charge on any atom is 0.234 e. The highest BCUT2D eigenvalue weighted by molar-refractivity contribution is 7.15. The topological polar surface area (TPSA) is 77.5 Å². The molecule has 162 valence electrons. The van der Waals surface area contributed by atoms with Crippen molar-refractivity contribution in [2.75, 3.05) is 57.3 Å². The van der Waals surface area contributed by atoms with Gasteiger partial charge in [0.1, 0.15) is 0 Å². The number of likely N-dealkylation sites (N-methyl/N-ethyl adjacent to an activating group) is 1. The first-order valence-corrected chi connectivity index (χ1v) is 11.6. The van der Waals surface area contributed by atoms with Gasteiger partial charge in [-0.2, -0.15) is 0 Å². The van der Waals surface area contributed by atoms with Crippen molar-refractivity contribution in [1.82, 2.24) is 30.1 Å². The van der Waals surface area contributed by atoms with E-state index >= 15 is 0 Å². The number of rotatable bonds is 6. The number of aromatic nitrogens is 3. The monoisotopic (exact) mass is 429 g/mol. The minimum absolute atomic E-state index is 0.122. The zero-order valence-corrected chi connectivity index (χ0v) is 18.9. The molecule has 0 spiro atoms. The van der Waals surface area contributed by atoms with Crippen molar-refractivity contribution < 1.29 is 4.79 Å². The molecular formula is C21H31N7OS. The van der Waals surface area contributed by atoms with Crippen molar-refractivity contribution in [3.63, 3.8) is 0 Å². The maximum atomic E-state index is 12.5. The van der Waals surface area contributed by atoms with E-state index in [1.54, 1.807) is 11.3 Å². The summed E-state index contributed by atoms with van der Waals surface area (Å²) < 4.78 is 0. The summed E-state index contributed by atoms with van der Waals surface area (Å²) in [5.41, 5.74) is 1.93. The lowest BCUT2D eigenvalue weighted by atomic mass is 10.2. The van der Waals surface area contributed by atoms with E-state index in [1.165, 1.54) is 0 Å². The number of hydrogen-bond acceptors (Lipinski definition) is 8. The number of nitrogens with zero attached hydrogens (tertiary/aromatic N) is 6. The Hall–Kier alpha value is -2.10. The molecule has 1 N–H and O–H groups in total. The first-order chi connectivity index (χ1) is 14.5. The summed E-state index contributed by atoms with van der Waals surface area (Å²) in [5, 5.41) is 4.25. The Morgan fingerprint density at radius 1 is 1.17 bits per heavy atom. The molecule has 0 bridgehead atoms. The second-order valence-electron chi connectivity index (χ2n) is 8.10. The van der Waals surface area contributed by atoms with Crippen LogP contribution >= 0.6 is 11.3 Å². The van der Waals surface area contributed by atoms with E-state index in [-0.39, 0.29) is 11.9 Å². The molecule has 30 heavy (non-hydrogen) atoms. The Labute approximate surface area is 182 Å². The van der Waals surface area contributed by atoms with Gasteiger partial charge in [0.2, 0.25) is 11.9 Å². The zero-order valence-electron chi connectivity index (χ0n) is 18.1. The van der Waals surface area contributed by atoms with Crippen molar-refractivity contribution in [1.29, 1.82) is 0 Å². The first-order valence-electron chi connectivity index (χ1n) is 10.8. The van der Waals surface area contributed by atoms with Crippen LogP contribution in [-0.2, 0) is 4.79 Å². The minimum Gasteiger partial charge on any atom is -0.350 e. The van der Waals surface area contributed by atoms with Crippen molar-refractivity contribution >= 4 is 23.2 Å². The lowest BCUT2D eigenvalue weighted by Gasteiger charge is -2.33. The van der Waals surface area contributed by atoms with Gasteiger partial charge in [-0.3, -0.25) is 9.69 Å². The number of anilines is 1. The Kier molecular flexibility index (Phi) is 6.60. The molecule has 1 unspecified atom stereocenters. The minimum atomic E-state index is 0.122. The Bertz CT molecular complexity index is 878. The van der Waals surface area contributed by atoms with E-state index in [4.69, 9.17) is 4.98 Å². The van der Waals surface area contributed by atoms with Gasteiger partial charge in [-0.1, -0.05) is 6.92 Å². The molecule has 4 rings (SSSR count). The fraction of sp³-hybridized carbons (Fsp3) is 0.619. The summed E-state index contributed by atoms with van der Waals surface area (Å²) >= 11 is 1.66. The van der Waals surface area contributed by atoms with Gasteiger partial charge in [0, 0.05) is 51.5 Å². The normalized spacial score (nSPS) is 20.6. The molecule has 0 aliphatic carbocycles. The summed E-state index contributed by atoms with van der Waals surface area (Å²) in [6.45, 7) is 13.4. The van der Waals surface area contributed by atoms with E-state index < -0.39 is 0 Å². The molecule has 0 saturated carbocycles. The van der Waals surface area contributed by atoms with Crippen LogP contribution in [0.2, 0.25) is 0 Å². The maximum absolute atomic E-state index is 12.5. The van der Waals surface area contributed by atoms with Crippen LogP contribution in [0.3, 0.4) is 0 Å². The lowest BCUT2D eigenvalue weighted by molar-refractivity contribution is -0.123. The average Bonchev–Trinajstić information content (AvgIpc) is 3.34. The molecule has 1 amide bonds. The Morgan fingerprint density at radius 2 is 1.93 bits per heavy atom. The average molecular weight is 430 g/mol. The first kappa shape index (κ1) is 21.1. The second-order valence-corrected chi connectivity index (χ2v) is 9.30. The largest absolute Gasteiger partial charge is 0.350 e. The van der Waals surface area contributed by atoms with Crippen molar-refractivity contribution in [3.05, 3.63) is 23.0 Å². The van der Waals surface area contributed by atoms with E-state index in [0.29, 0.717) is 6.54 Å². The summed E-state index contributed by atoms with van der Waals surface area (Å²) in [6, 6.07) is 2.09. The summed E-state index contributed by atoms with van der Waals surface area (Å²) in [6.07, 6.45) is 2.73. The molecule has 2 aromatic heterocycles. The van der Waals surface area contributed by atoms with E-state index in [2.05, 4.69) is 36.9 Å². The van der Waals surface area contributed by atoms with Crippen LogP contribution in [0.25, 0.3) is 10.6 Å². The van der Waals surface area contributed by atoms with Crippen molar-refractivity contribution in [2.45, 2.75) is 33.2 Å². The zero-order chi connectivity index (χ0) is 21.1. The van der Waals surface area contributed by atoms with E-state index in [1.807, 2.05) is 26.1 Å². The van der Waals surface area contributed by atoms with Crippen LogP contribution in [0.4, 0.5) is 5.95 Å². The second kappa shape index (κ2) is 9.36. The molecule has 9 heteroatoms. The van der Waals surface area contributed by atoms with Crippen LogP contribution in [0.5, 0.6) is 0 Å². The predicted octanol–water partition coefficient (Wildman–Crippen LogP) is 1.55. The molecular weight excluding hydrogens is 398 g/mol. The van der Waals surface area contributed by atoms with Gasteiger partial charge in [-0.25, -0.2) is 15.0 Å². The van der Waals surface area contributed by atoms with Gasteiger partial charge in [0.15, 0.2) is 0 Å². The predicted molar refractivity (Wildman–Crippen MR) is 120 cm³/mol. The van der Waals surface area contributed by atoms with Gasteiger partial charge in [-0.15, -0.1) is 11.3 Å². The smallest absolute Gasteiger partial charge is 0.234 e. The molecule has 8 nitrogen and oxygen atoms in total. The van der Waals surface area contributed by atoms with Gasteiger partial charge in [-0.05, 0) is 32.9 Å². The molecule has 2 aliphatic heterocycles. The van der Waals surface area contributed by atoms with Crippen LogP contribution < -0.4 is 10.2 Å². The SMILES string of the molecule is CCN1CCN(CC(=O)NC2CCN(c3nccc(-c4sc(C)nc4C)n3)C2)CC1. The van der Waals surface area contributed by atoms with E-state index in [0.717, 1.165) is 79.5 Å². The molecule has 0 aromatic carbocycles. The standard InChI is InChI=1S/C21H31N7OS/c1-4-26-9-11-27(12-10-26)14-19(29)24-17-6-8-28(13-17)21-22-7-5-18(25-21)20-15(2)23-16(3)30-20/h5,7,17H,4,6,8-14H2,1-3H3,(H,24,29). The molecule has 2 fully saturated rings. The Morgan fingerprint density at radius 3 is 2.63 bits per heavy atom. The number of hydrogen-bond donors (Lipinski definition) is 1. The molecule has 4 heterocycles. The number of piperazine rings is 1. The summed E-state index contributed by atoms with van der Waals surface area (Å²) in [7, 11) is 0. The number of carbonyl (C=O) groups is 1. The third-order valence-corrected chi connectivity index (χ3v) is 6.99. The molecule has 2 saturated heterocycles. The highest BCUT2D eigenvalue weighted by Crippen LogP contribution is 2.29.